The Balaban J connectivity index is 1.52. The number of amides is 1. The van der Waals surface area contributed by atoms with E-state index in [-0.39, 0.29) is 17.7 Å². The Bertz CT molecular complexity index is 1390. The van der Waals surface area contributed by atoms with Crippen LogP contribution in [0.3, 0.4) is 0 Å². The highest BCUT2D eigenvalue weighted by Crippen LogP contribution is 2.43. The molecule has 2 aliphatic rings. The van der Waals surface area contributed by atoms with Crippen LogP contribution in [-0.4, -0.2) is 82.6 Å². The molecule has 2 radical (unpaired) electrons. The SMILES string of the molecule is [B][C@@H]1[C@@H](C)C(=O)[C@@H](C)C(=O)O[C@H](CC)[C@@]2(C)OC(=O)N(CCCCn3cc(-c4cccc(N)c4)nn3)[C@@H]2[C@@H](C)CCC[C@@]1(C)OC. The van der Waals surface area contributed by atoms with E-state index >= 15 is 0 Å². The van der Waals surface area contributed by atoms with Gasteiger partial charge in [-0.1, -0.05) is 44.5 Å². The number of carbonyl (C=O) groups excluding carboxylic acids is 3. The molecule has 1 amide bonds. The molecule has 2 N–H and O–H groups in total. The highest BCUT2D eigenvalue weighted by molar-refractivity contribution is 6.15. The van der Waals surface area contributed by atoms with E-state index in [0.717, 1.165) is 30.5 Å². The number of cyclic esters (lactones) is 1. The number of hydrogen-bond donors (Lipinski definition) is 1. The third-order valence-electron chi connectivity index (χ3n) is 10.3. The fraction of sp³-hybridized carbons (Fsp3) is 0.676. The van der Waals surface area contributed by atoms with Crippen LogP contribution in [0.4, 0.5) is 10.5 Å². The van der Waals surface area contributed by atoms with Crippen LogP contribution in [-0.2, 0) is 30.3 Å². The minimum atomic E-state index is -1.10. The van der Waals surface area contributed by atoms with Gasteiger partial charge in [-0.25, -0.2) is 4.79 Å². The van der Waals surface area contributed by atoms with Crippen molar-refractivity contribution in [2.75, 3.05) is 19.4 Å². The number of nitrogen functional groups attached to an aromatic ring is 1. The summed E-state index contributed by atoms with van der Waals surface area (Å²) in [6.07, 6.45) is 4.77. The molecule has 250 valence electrons. The second kappa shape index (κ2) is 14.6. The first kappa shape index (κ1) is 35.4. The Morgan fingerprint density at radius 3 is 2.52 bits per heavy atom. The number of carbonyl (C=O) groups is 3. The lowest BCUT2D eigenvalue weighted by Gasteiger charge is -2.42. The second-order valence-corrected chi connectivity index (χ2v) is 13.5. The molecule has 1 aromatic carbocycles. The Kier molecular flexibility index (Phi) is 11.2. The minimum Gasteiger partial charge on any atom is -0.458 e. The van der Waals surface area contributed by atoms with Crippen LogP contribution in [0.5, 0.6) is 0 Å². The molecule has 0 aliphatic carbocycles. The number of benzene rings is 1. The van der Waals surface area contributed by atoms with Gasteiger partial charge in [0.25, 0.3) is 0 Å². The molecule has 0 bridgehead atoms. The van der Waals surface area contributed by atoms with Gasteiger partial charge in [0.1, 0.15) is 23.5 Å². The second-order valence-electron chi connectivity index (χ2n) is 13.5. The fourth-order valence-corrected chi connectivity index (χ4v) is 7.28. The van der Waals surface area contributed by atoms with Gasteiger partial charge >= 0.3 is 12.1 Å². The number of aryl methyl sites for hydroxylation is 1. The summed E-state index contributed by atoms with van der Waals surface area (Å²) in [4.78, 5) is 42.1. The zero-order valence-corrected chi connectivity index (χ0v) is 28.4. The average Bonchev–Trinajstić information content (AvgIpc) is 3.61. The summed E-state index contributed by atoms with van der Waals surface area (Å²) in [5, 5.41) is 8.55. The van der Waals surface area contributed by atoms with E-state index in [4.69, 9.17) is 27.8 Å². The number of esters is 1. The first-order valence-electron chi connectivity index (χ1n) is 16.6. The Hall–Kier alpha value is -3.41. The lowest BCUT2D eigenvalue weighted by molar-refractivity contribution is -0.171. The van der Waals surface area contributed by atoms with Crippen LogP contribution in [0.25, 0.3) is 11.3 Å². The van der Waals surface area contributed by atoms with E-state index in [0.29, 0.717) is 38.0 Å². The van der Waals surface area contributed by atoms with E-state index in [1.54, 1.807) is 30.5 Å². The molecule has 2 fully saturated rings. The van der Waals surface area contributed by atoms with Crippen molar-refractivity contribution in [2.24, 2.45) is 17.8 Å². The van der Waals surface area contributed by atoms with Gasteiger partial charge in [0.05, 0.1) is 25.7 Å². The molecule has 46 heavy (non-hydrogen) atoms. The molecule has 2 aliphatic heterocycles. The number of rotatable bonds is 8. The van der Waals surface area contributed by atoms with Crippen molar-refractivity contribution in [3.05, 3.63) is 30.5 Å². The molecule has 12 heteroatoms. The van der Waals surface area contributed by atoms with Gasteiger partial charge in [-0.05, 0) is 76.7 Å². The van der Waals surface area contributed by atoms with E-state index in [9.17, 15) is 14.4 Å². The summed E-state index contributed by atoms with van der Waals surface area (Å²) in [5.74, 6) is -3.16. The smallest absolute Gasteiger partial charge is 0.410 e. The van der Waals surface area contributed by atoms with Crippen molar-refractivity contribution >= 4 is 31.4 Å². The van der Waals surface area contributed by atoms with Gasteiger partial charge in [0.15, 0.2) is 5.60 Å². The van der Waals surface area contributed by atoms with Crippen LogP contribution in [0, 0.1) is 17.8 Å². The maximum absolute atomic E-state index is 13.5. The van der Waals surface area contributed by atoms with Crippen molar-refractivity contribution in [2.45, 2.75) is 116 Å². The van der Waals surface area contributed by atoms with Crippen molar-refractivity contribution < 1.29 is 28.6 Å². The number of ether oxygens (including phenoxy) is 3. The summed E-state index contributed by atoms with van der Waals surface area (Å²) < 4.78 is 19.8. The molecule has 11 nitrogen and oxygen atoms in total. The molecule has 3 heterocycles. The van der Waals surface area contributed by atoms with Gasteiger partial charge in [-0.2, -0.15) is 0 Å². The normalized spacial score (nSPS) is 32.8. The molecule has 2 aromatic rings. The van der Waals surface area contributed by atoms with Crippen LogP contribution in [0.1, 0.15) is 80.1 Å². The van der Waals surface area contributed by atoms with Crippen LogP contribution >= 0.6 is 0 Å². The van der Waals surface area contributed by atoms with E-state index in [2.05, 4.69) is 17.2 Å². The minimum absolute atomic E-state index is 0.0112. The van der Waals surface area contributed by atoms with Crippen molar-refractivity contribution in [1.82, 2.24) is 19.9 Å². The molecule has 8 atom stereocenters. The summed E-state index contributed by atoms with van der Waals surface area (Å²) in [7, 11) is 8.22. The van der Waals surface area contributed by atoms with Crippen LogP contribution < -0.4 is 5.73 Å². The lowest BCUT2D eigenvalue weighted by Crippen LogP contribution is -2.56. The molecular weight excluding hydrogens is 585 g/mol. The molecule has 4 rings (SSSR count). The van der Waals surface area contributed by atoms with Crippen LogP contribution in [0.2, 0.25) is 5.82 Å². The van der Waals surface area contributed by atoms with Gasteiger partial charge in [0.2, 0.25) is 0 Å². The van der Waals surface area contributed by atoms with Gasteiger partial charge in [-0.3, -0.25) is 14.3 Å². The number of methoxy groups -OCH3 is 1. The number of fused-ring (bicyclic) bond motifs is 1. The maximum atomic E-state index is 13.5. The highest BCUT2D eigenvalue weighted by Gasteiger charge is 2.58. The van der Waals surface area contributed by atoms with Gasteiger partial charge in [-0.15, -0.1) is 5.10 Å². The zero-order valence-electron chi connectivity index (χ0n) is 28.4. The maximum Gasteiger partial charge on any atom is 0.410 e. The largest absolute Gasteiger partial charge is 0.458 e. The number of hydrogen-bond acceptors (Lipinski definition) is 9. The predicted octanol–water partition coefficient (Wildman–Crippen LogP) is 5.23. The lowest BCUT2D eigenvalue weighted by atomic mass is 9.63. The average molecular weight is 636 g/mol. The number of nitrogens with zero attached hydrogens (tertiary/aromatic N) is 4. The Morgan fingerprint density at radius 1 is 1.13 bits per heavy atom. The topological polar surface area (TPSA) is 139 Å². The highest BCUT2D eigenvalue weighted by atomic mass is 16.6. The molecule has 1 aromatic heterocycles. The first-order valence-corrected chi connectivity index (χ1v) is 16.6. The van der Waals surface area contributed by atoms with Crippen molar-refractivity contribution in [1.29, 1.82) is 0 Å². The predicted molar refractivity (Wildman–Crippen MR) is 176 cm³/mol. The number of anilines is 1. The molecule has 0 saturated carbocycles. The van der Waals surface area contributed by atoms with Crippen LogP contribution in [0.15, 0.2) is 30.5 Å². The van der Waals surface area contributed by atoms with Gasteiger partial charge < -0.3 is 24.8 Å². The van der Waals surface area contributed by atoms with Crippen molar-refractivity contribution in [3.63, 3.8) is 0 Å². The number of unbranched alkanes of at least 4 members (excludes halogenated alkanes) is 1. The number of aromatic nitrogens is 3. The van der Waals surface area contributed by atoms with Crippen molar-refractivity contribution in [3.8, 4) is 11.3 Å². The Labute approximate surface area is 274 Å². The number of nitrogens with two attached hydrogens (primary N) is 1. The zero-order chi connectivity index (χ0) is 33.8. The monoisotopic (exact) mass is 635 g/mol. The first-order chi connectivity index (χ1) is 21.8. The van der Waals surface area contributed by atoms with Gasteiger partial charge in [0, 0.05) is 37.4 Å². The number of Topliss-reactive ketones (excluding diaryl/α,β-unsaturated/α-hetero) is 1. The quantitative estimate of drug-likeness (QED) is 0.136. The molecule has 0 unspecified atom stereocenters. The summed E-state index contributed by atoms with van der Waals surface area (Å²) in [6, 6.07) is 7.16. The summed E-state index contributed by atoms with van der Waals surface area (Å²) in [5.41, 5.74) is 6.36. The third-order valence-corrected chi connectivity index (χ3v) is 10.3. The van der Waals surface area contributed by atoms with E-state index in [1.807, 2.05) is 51.2 Å². The summed E-state index contributed by atoms with van der Waals surface area (Å²) >= 11 is 0. The number of ketones is 1. The fourth-order valence-electron chi connectivity index (χ4n) is 7.28. The molecular formula is C34H50BN5O6. The van der Waals surface area contributed by atoms with E-state index < -0.39 is 47.0 Å². The summed E-state index contributed by atoms with van der Waals surface area (Å²) in [6.45, 7) is 12.2. The third kappa shape index (κ3) is 7.27. The Morgan fingerprint density at radius 2 is 1.85 bits per heavy atom. The standard InChI is InChI=1S/C34H50BN5O6/c1-8-27-34(6)30(21(2)13-12-16-33(5,44-7)29(35)22(3)28(41)23(4)31(42)45-27)40(32(43)46-34)18-10-9-17-39-20-26(37-38-39)24-14-11-15-25(36)19-24/h11,14-15,19-23,27,29-30H,8-10,12-13,16-18,36H2,1-7H3/t21-,22-,23+,27+,29+,30+,33+,34+/m0/s1. The molecule has 2 saturated heterocycles. The molecule has 0 spiro atoms. The van der Waals surface area contributed by atoms with E-state index in [1.165, 1.54) is 0 Å².